The van der Waals surface area contributed by atoms with E-state index in [-0.39, 0.29) is 17.2 Å². The number of hydrogen-bond acceptors (Lipinski definition) is 4. The lowest BCUT2D eigenvalue weighted by Crippen LogP contribution is -2.00. The van der Waals surface area contributed by atoms with Crippen molar-refractivity contribution < 1.29 is 20.1 Å². The fourth-order valence-electron chi connectivity index (χ4n) is 3.00. The summed E-state index contributed by atoms with van der Waals surface area (Å²) in [5, 5.41) is 30.0. The van der Waals surface area contributed by atoms with Gasteiger partial charge in [-0.1, -0.05) is 41.5 Å². The molecular formula is C25H30O4. The molecule has 29 heavy (non-hydrogen) atoms. The first-order valence-electron chi connectivity index (χ1n) is 9.61. The molecule has 4 nitrogen and oxygen atoms in total. The number of allylic oxidation sites excluding steroid dienone is 4. The second kappa shape index (κ2) is 9.87. The highest BCUT2D eigenvalue weighted by Crippen LogP contribution is 2.36. The number of methoxy groups -OCH3 is 1. The number of benzene rings is 2. The van der Waals surface area contributed by atoms with Gasteiger partial charge in [0.05, 0.1) is 7.11 Å². The highest BCUT2D eigenvalue weighted by Gasteiger charge is 2.16. The third kappa shape index (κ3) is 5.92. The van der Waals surface area contributed by atoms with E-state index < -0.39 is 0 Å². The van der Waals surface area contributed by atoms with Crippen molar-refractivity contribution >= 4 is 12.2 Å². The summed E-state index contributed by atoms with van der Waals surface area (Å²) in [7, 11) is 1.60. The third-order valence-electron chi connectivity index (χ3n) is 4.62. The van der Waals surface area contributed by atoms with E-state index in [1.165, 1.54) is 23.3 Å². The van der Waals surface area contributed by atoms with Gasteiger partial charge in [-0.05, 0) is 63.8 Å². The fourth-order valence-corrected chi connectivity index (χ4v) is 3.00. The molecule has 0 aliphatic heterocycles. The molecule has 0 unspecified atom stereocenters. The van der Waals surface area contributed by atoms with Crippen LogP contribution in [0.4, 0.5) is 0 Å². The monoisotopic (exact) mass is 394 g/mol. The van der Waals surface area contributed by atoms with Crippen molar-refractivity contribution in [3.8, 4) is 23.0 Å². The van der Waals surface area contributed by atoms with Crippen molar-refractivity contribution in [3.05, 3.63) is 69.8 Å². The molecule has 4 heteroatoms. The first kappa shape index (κ1) is 22.2. The Kier molecular flexibility index (Phi) is 7.54. The van der Waals surface area contributed by atoms with Gasteiger partial charge in [-0.25, -0.2) is 0 Å². The van der Waals surface area contributed by atoms with Crippen LogP contribution in [-0.2, 0) is 12.8 Å². The van der Waals surface area contributed by atoms with E-state index in [1.807, 2.05) is 39.8 Å². The van der Waals surface area contributed by atoms with E-state index in [9.17, 15) is 15.3 Å². The normalized spacial score (nSPS) is 10.8. The van der Waals surface area contributed by atoms with Crippen molar-refractivity contribution in [1.29, 1.82) is 0 Å². The predicted octanol–water partition coefficient (Wildman–Crippen LogP) is 6.00. The molecule has 2 aromatic rings. The second-order valence-electron chi connectivity index (χ2n) is 7.52. The first-order chi connectivity index (χ1) is 13.7. The molecule has 0 aliphatic carbocycles. The molecule has 0 bridgehead atoms. The Morgan fingerprint density at radius 2 is 1.41 bits per heavy atom. The molecule has 0 heterocycles. The highest BCUT2D eigenvalue weighted by molar-refractivity contribution is 5.77. The topological polar surface area (TPSA) is 69.9 Å². The molecule has 0 radical (unpaired) electrons. The van der Waals surface area contributed by atoms with E-state index in [2.05, 4.69) is 12.2 Å². The maximum atomic E-state index is 10.7. The van der Waals surface area contributed by atoms with Crippen LogP contribution in [0.3, 0.4) is 0 Å². The maximum absolute atomic E-state index is 10.7. The van der Waals surface area contributed by atoms with Gasteiger partial charge in [0, 0.05) is 17.2 Å². The Balaban J connectivity index is 2.65. The second-order valence-corrected chi connectivity index (χ2v) is 7.52. The Bertz CT molecular complexity index is 957. The minimum Gasteiger partial charge on any atom is -0.507 e. The molecule has 0 saturated heterocycles. The molecule has 154 valence electrons. The van der Waals surface area contributed by atoms with Crippen molar-refractivity contribution in [2.45, 2.75) is 40.5 Å². The molecule has 2 aromatic carbocycles. The summed E-state index contributed by atoms with van der Waals surface area (Å²) >= 11 is 0. The van der Waals surface area contributed by atoms with Crippen LogP contribution in [0.15, 0.2) is 47.6 Å². The Labute approximate surface area is 173 Å². The van der Waals surface area contributed by atoms with Crippen LogP contribution < -0.4 is 4.74 Å². The van der Waals surface area contributed by atoms with Gasteiger partial charge in [0.25, 0.3) is 0 Å². The zero-order valence-corrected chi connectivity index (χ0v) is 17.8. The summed E-state index contributed by atoms with van der Waals surface area (Å²) in [4.78, 5) is 0. The molecule has 0 saturated carbocycles. The van der Waals surface area contributed by atoms with E-state index >= 15 is 0 Å². The van der Waals surface area contributed by atoms with Gasteiger partial charge in [0.15, 0.2) is 11.5 Å². The minimum atomic E-state index is -0.171. The fraction of sp³-hybridized carbons (Fsp3) is 0.280. The minimum absolute atomic E-state index is 0.158. The molecule has 0 aliphatic rings. The van der Waals surface area contributed by atoms with Crippen LogP contribution in [0.1, 0.15) is 49.9 Å². The number of hydrogen-bond donors (Lipinski definition) is 3. The van der Waals surface area contributed by atoms with Gasteiger partial charge < -0.3 is 20.1 Å². The van der Waals surface area contributed by atoms with E-state index in [0.717, 1.165) is 22.3 Å². The average molecular weight is 395 g/mol. The highest BCUT2D eigenvalue weighted by atomic mass is 16.5. The van der Waals surface area contributed by atoms with Gasteiger partial charge in [-0.2, -0.15) is 0 Å². The van der Waals surface area contributed by atoms with E-state index in [4.69, 9.17) is 4.74 Å². The van der Waals surface area contributed by atoms with Gasteiger partial charge in [-0.3, -0.25) is 0 Å². The SMILES string of the molecule is COc1cc(O)c(CC=C(C)C)c(C=Cc2ccc(O)c(O)c2)c1CC=C(C)C. The molecule has 0 spiro atoms. The summed E-state index contributed by atoms with van der Waals surface area (Å²) in [5.74, 6) is 0.493. The van der Waals surface area contributed by atoms with Crippen molar-refractivity contribution in [2.24, 2.45) is 0 Å². The summed E-state index contributed by atoms with van der Waals surface area (Å²) < 4.78 is 5.55. The van der Waals surface area contributed by atoms with Crippen molar-refractivity contribution in [3.63, 3.8) is 0 Å². The van der Waals surface area contributed by atoms with E-state index in [1.54, 1.807) is 19.2 Å². The standard InChI is InChI=1S/C25H30O4/c1-16(2)6-10-20-19(12-8-18-9-13-22(26)24(28)14-18)21(11-7-17(3)4)25(29-5)15-23(20)27/h6-9,12-15,26-28H,10-11H2,1-5H3. The lowest BCUT2D eigenvalue weighted by atomic mass is 9.92. The zero-order valence-electron chi connectivity index (χ0n) is 17.8. The van der Waals surface area contributed by atoms with Crippen molar-refractivity contribution in [2.75, 3.05) is 7.11 Å². The molecule has 3 N–H and O–H groups in total. The Hall–Kier alpha value is -3.14. The molecule has 0 fully saturated rings. The van der Waals surface area contributed by atoms with Crippen LogP contribution in [0.2, 0.25) is 0 Å². The molecule has 0 atom stereocenters. The number of phenols is 3. The number of aromatic hydroxyl groups is 3. The Morgan fingerprint density at radius 3 is 1.97 bits per heavy atom. The molecule has 0 aromatic heterocycles. The Morgan fingerprint density at radius 1 is 0.793 bits per heavy atom. The molecule has 0 amide bonds. The predicted molar refractivity (Wildman–Crippen MR) is 120 cm³/mol. The average Bonchev–Trinajstić information content (AvgIpc) is 2.66. The van der Waals surface area contributed by atoms with Crippen LogP contribution in [0, 0.1) is 0 Å². The smallest absolute Gasteiger partial charge is 0.157 e. The van der Waals surface area contributed by atoms with Crippen LogP contribution in [-0.4, -0.2) is 22.4 Å². The van der Waals surface area contributed by atoms with Crippen LogP contribution >= 0.6 is 0 Å². The molecule has 2 rings (SSSR count). The molecular weight excluding hydrogens is 364 g/mol. The summed E-state index contributed by atoms with van der Waals surface area (Å²) in [6.45, 7) is 8.15. The van der Waals surface area contributed by atoms with Crippen LogP contribution in [0.25, 0.3) is 12.2 Å². The number of ether oxygens (including phenoxy) is 1. The summed E-state index contributed by atoms with van der Waals surface area (Å²) in [5.41, 5.74) is 5.81. The third-order valence-corrected chi connectivity index (χ3v) is 4.62. The van der Waals surface area contributed by atoms with Gasteiger partial charge in [-0.15, -0.1) is 0 Å². The first-order valence-corrected chi connectivity index (χ1v) is 9.61. The zero-order chi connectivity index (χ0) is 21.6. The number of phenolic OH excluding ortho intramolecular Hbond substituents is 3. The van der Waals surface area contributed by atoms with Gasteiger partial charge in [0.2, 0.25) is 0 Å². The van der Waals surface area contributed by atoms with Crippen molar-refractivity contribution in [1.82, 2.24) is 0 Å². The van der Waals surface area contributed by atoms with Gasteiger partial charge >= 0.3 is 0 Å². The van der Waals surface area contributed by atoms with Gasteiger partial charge in [0.1, 0.15) is 11.5 Å². The lowest BCUT2D eigenvalue weighted by Gasteiger charge is -2.17. The number of rotatable bonds is 7. The maximum Gasteiger partial charge on any atom is 0.157 e. The largest absolute Gasteiger partial charge is 0.507 e. The quantitative estimate of drug-likeness (QED) is 0.306. The van der Waals surface area contributed by atoms with E-state index in [0.29, 0.717) is 18.6 Å². The van der Waals surface area contributed by atoms with Crippen LogP contribution in [0.5, 0.6) is 23.0 Å². The lowest BCUT2D eigenvalue weighted by molar-refractivity contribution is 0.402. The summed E-state index contributed by atoms with van der Waals surface area (Å²) in [6.07, 6.45) is 9.26. The summed E-state index contributed by atoms with van der Waals surface area (Å²) in [6, 6.07) is 6.34.